The van der Waals surface area contributed by atoms with Crippen molar-refractivity contribution in [3.8, 4) is 0 Å². The molecule has 5 heteroatoms. The van der Waals surface area contributed by atoms with Crippen molar-refractivity contribution in [3.63, 3.8) is 0 Å². The lowest BCUT2D eigenvalue weighted by Crippen LogP contribution is -2.25. The van der Waals surface area contributed by atoms with Gasteiger partial charge in [0.25, 0.3) is 0 Å². The van der Waals surface area contributed by atoms with E-state index in [1.54, 1.807) is 11.8 Å². The molecule has 0 saturated carbocycles. The first-order valence-corrected chi connectivity index (χ1v) is 7.94. The summed E-state index contributed by atoms with van der Waals surface area (Å²) >= 11 is 5.19. The van der Waals surface area contributed by atoms with Gasteiger partial charge in [-0.05, 0) is 24.1 Å². The number of aryl methyl sites for hydroxylation is 1. The molecule has 2 aromatic rings. The number of nitrogens with zero attached hydrogens (tertiary/aromatic N) is 2. The van der Waals surface area contributed by atoms with E-state index in [0.29, 0.717) is 0 Å². The van der Waals surface area contributed by atoms with E-state index in [1.165, 1.54) is 5.56 Å². The number of benzene rings is 1. The molecule has 0 bridgehead atoms. The van der Waals surface area contributed by atoms with Crippen molar-refractivity contribution in [2.75, 3.05) is 0 Å². The second-order valence-corrected chi connectivity index (χ2v) is 6.51. The summed E-state index contributed by atoms with van der Waals surface area (Å²) in [6.45, 7) is 2.12. The summed E-state index contributed by atoms with van der Waals surface area (Å²) in [4.78, 5) is 4.38. The Bertz CT molecular complexity index is 524. The van der Waals surface area contributed by atoms with Crippen LogP contribution in [0, 0.1) is 0 Å². The van der Waals surface area contributed by atoms with Crippen molar-refractivity contribution in [3.05, 3.63) is 46.7 Å². The van der Waals surface area contributed by atoms with Gasteiger partial charge >= 0.3 is 0 Å². The largest absolute Gasteiger partial charge is 0.329 e. The maximum Gasteiger partial charge on any atom is 0.168 e. The zero-order chi connectivity index (χ0) is 13.8. The highest BCUT2D eigenvalue weighted by molar-refractivity contribution is 9.10. The van der Waals surface area contributed by atoms with E-state index < -0.39 is 0 Å². The Hall–Kier alpha value is -0.780. The molecule has 1 aromatic heterocycles. The van der Waals surface area contributed by atoms with Crippen molar-refractivity contribution >= 4 is 27.7 Å². The third kappa shape index (κ3) is 3.61. The van der Waals surface area contributed by atoms with Gasteiger partial charge in [-0.15, -0.1) is 0 Å². The van der Waals surface area contributed by atoms with Crippen molar-refractivity contribution in [1.82, 2.24) is 9.55 Å². The SMILES string of the molecule is CCC(N)C(Sc1nccn1C)c1ccc(Br)cc1. The Morgan fingerprint density at radius 2 is 2.05 bits per heavy atom. The van der Waals surface area contributed by atoms with Gasteiger partial charge in [-0.2, -0.15) is 0 Å². The van der Waals surface area contributed by atoms with Crippen LogP contribution in [0.5, 0.6) is 0 Å². The molecule has 0 aliphatic heterocycles. The Labute approximate surface area is 126 Å². The lowest BCUT2D eigenvalue weighted by Gasteiger charge is -2.22. The first-order valence-electron chi connectivity index (χ1n) is 6.27. The number of thioether (sulfide) groups is 1. The van der Waals surface area contributed by atoms with E-state index in [2.05, 4.69) is 52.1 Å². The van der Waals surface area contributed by atoms with Gasteiger partial charge in [-0.3, -0.25) is 0 Å². The normalized spacial score (nSPS) is 14.3. The van der Waals surface area contributed by atoms with Gasteiger partial charge in [-0.25, -0.2) is 4.98 Å². The average Bonchev–Trinajstić information content (AvgIpc) is 2.82. The van der Waals surface area contributed by atoms with Crippen LogP contribution in [0.4, 0.5) is 0 Å². The smallest absolute Gasteiger partial charge is 0.168 e. The molecule has 19 heavy (non-hydrogen) atoms. The van der Waals surface area contributed by atoms with Crippen LogP contribution in [0.3, 0.4) is 0 Å². The van der Waals surface area contributed by atoms with Crippen LogP contribution in [-0.2, 0) is 7.05 Å². The van der Waals surface area contributed by atoms with E-state index in [4.69, 9.17) is 5.73 Å². The van der Waals surface area contributed by atoms with Crippen LogP contribution >= 0.6 is 27.7 Å². The number of imidazole rings is 1. The molecule has 2 unspecified atom stereocenters. The van der Waals surface area contributed by atoms with Gasteiger partial charge in [0, 0.05) is 30.0 Å². The number of nitrogens with two attached hydrogens (primary N) is 1. The Balaban J connectivity index is 2.26. The topological polar surface area (TPSA) is 43.8 Å². The van der Waals surface area contributed by atoms with E-state index in [1.807, 2.05) is 24.0 Å². The van der Waals surface area contributed by atoms with Crippen molar-refractivity contribution in [1.29, 1.82) is 0 Å². The van der Waals surface area contributed by atoms with Crippen molar-refractivity contribution < 1.29 is 0 Å². The Kier molecular flexibility index (Phi) is 5.07. The van der Waals surface area contributed by atoms with E-state index in [9.17, 15) is 0 Å². The maximum absolute atomic E-state index is 6.28. The predicted octanol–water partition coefficient (Wildman–Crippen LogP) is 3.75. The van der Waals surface area contributed by atoms with Crippen molar-refractivity contribution in [2.45, 2.75) is 29.8 Å². The molecule has 0 spiro atoms. The van der Waals surface area contributed by atoms with Crippen LogP contribution in [0.15, 0.2) is 46.3 Å². The minimum absolute atomic E-state index is 0.114. The molecule has 3 nitrogen and oxygen atoms in total. The molecule has 0 radical (unpaired) electrons. The van der Waals surface area contributed by atoms with Gasteiger partial charge < -0.3 is 10.3 Å². The molecular weight excluding hydrogens is 322 g/mol. The Morgan fingerprint density at radius 3 is 2.58 bits per heavy atom. The molecule has 0 amide bonds. The van der Waals surface area contributed by atoms with Gasteiger partial charge in [0.2, 0.25) is 0 Å². The fraction of sp³-hybridized carbons (Fsp3) is 0.357. The molecule has 2 rings (SSSR count). The third-order valence-electron chi connectivity index (χ3n) is 3.07. The number of aromatic nitrogens is 2. The molecule has 0 saturated heterocycles. The highest BCUT2D eigenvalue weighted by Crippen LogP contribution is 2.37. The lowest BCUT2D eigenvalue weighted by molar-refractivity contribution is 0.630. The van der Waals surface area contributed by atoms with Gasteiger partial charge in [-0.1, -0.05) is 46.7 Å². The van der Waals surface area contributed by atoms with Gasteiger partial charge in [0.1, 0.15) is 0 Å². The van der Waals surface area contributed by atoms with Gasteiger partial charge in [0.05, 0.1) is 5.25 Å². The minimum Gasteiger partial charge on any atom is -0.329 e. The summed E-state index contributed by atoms with van der Waals surface area (Å²) in [6, 6.07) is 8.48. The van der Waals surface area contributed by atoms with E-state index >= 15 is 0 Å². The second-order valence-electron chi connectivity index (χ2n) is 4.48. The maximum atomic E-state index is 6.28. The first-order chi connectivity index (χ1) is 9.11. The molecule has 0 aliphatic carbocycles. The van der Waals surface area contributed by atoms with E-state index in [-0.39, 0.29) is 11.3 Å². The summed E-state index contributed by atoms with van der Waals surface area (Å²) in [5.41, 5.74) is 7.53. The molecule has 2 atom stereocenters. The fourth-order valence-corrected chi connectivity index (χ4v) is 3.35. The third-order valence-corrected chi connectivity index (χ3v) is 5.08. The summed E-state index contributed by atoms with van der Waals surface area (Å²) in [7, 11) is 2.01. The summed E-state index contributed by atoms with van der Waals surface area (Å²) < 4.78 is 3.11. The van der Waals surface area contributed by atoms with Crippen molar-refractivity contribution in [2.24, 2.45) is 12.8 Å². The van der Waals surface area contributed by atoms with E-state index in [0.717, 1.165) is 16.0 Å². The van der Waals surface area contributed by atoms with Crippen LogP contribution in [0.1, 0.15) is 24.2 Å². The quantitative estimate of drug-likeness (QED) is 0.843. The predicted molar refractivity (Wildman–Crippen MR) is 84.2 cm³/mol. The van der Waals surface area contributed by atoms with Crippen LogP contribution in [-0.4, -0.2) is 15.6 Å². The zero-order valence-electron chi connectivity index (χ0n) is 11.1. The second kappa shape index (κ2) is 6.59. The summed E-state index contributed by atoms with van der Waals surface area (Å²) in [5, 5.41) is 1.22. The minimum atomic E-state index is 0.114. The summed E-state index contributed by atoms with van der Waals surface area (Å²) in [5.74, 6) is 0. The average molecular weight is 340 g/mol. The Morgan fingerprint density at radius 1 is 1.37 bits per heavy atom. The highest BCUT2D eigenvalue weighted by atomic mass is 79.9. The molecule has 1 aromatic carbocycles. The molecule has 0 fully saturated rings. The lowest BCUT2D eigenvalue weighted by atomic mass is 10.0. The van der Waals surface area contributed by atoms with Crippen LogP contribution < -0.4 is 5.73 Å². The van der Waals surface area contributed by atoms with Gasteiger partial charge in [0.15, 0.2) is 5.16 Å². The molecule has 0 aliphatic rings. The number of rotatable bonds is 5. The standard InChI is InChI=1S/C14H18BrN3S/c1-3-12(16)13(10-4-6-11(15)7-5-10)19-14-17-8-9-18(14)2/h4-9,12-13H,3,16H2,1-2H3. The number of halogens is 1. The summed E-state index contributed by atoms with van der Waals surface area (Å²) in [6.07, 6.45) is 4.72. The molecule has 102 valence electrons. The molecular formula is C14H18BrN3S. The highest BCUT2D eigenvalue weighted by Gasteiger charge is 2.21. The monoisotopic (exact) mass is 339 g/mol. The molecule has 2 N–H and O–H groups in total. The fourth-order valence-electron chi connectivity index (χ4n) is 1.85. The zero-order valence-corrected chi connectivity index (χ0v) is 13.5. The van der Waals surface area contributed by atoms with Crippen LogP contribution in [0.2, 0.25) is 0 Å². The number of hydrogen-bond acceptors (Lipinski definition) is 3. The first kappa shape index (κ1) is 14.6. The molecule has 1 heterocycles. The number of hydrogen-bond donors (Lipinski definition) is 1. The van der Waals surface area contributed by atoms with Crippen LogP contribution in [0.25, 0.3) is 0 Å².